The second-order valence-electron chi connectivity index (χ2n) is 7.05. The van der Waals surface area contributed by atoms with E-state index < -0.39 is 10.1 Å². The second kappa shape index (κ2) is 7.33. The van der Waals surface area contributed by atoms with Crippen molar-refractivity contribution in [2.75, 3.05) is 0 Å². The molecule has 0 spiro atoms. The zero-order chi connectivity index (χ0) is 21.6. The highest BCUT2D eigenvalue weighted by Crippen LogP contribution is 2.20. The molecule has 0 atom stereocenters. The van der Waals surface area contributed by atoms with E-state index in [1.807, 2.05) is 31.2 Å². The van der Waals surface area contributed by atoms with Gasteiger partial charge in [-0.15, -0.1) is 0 Å². The van der Waals surface area contributed by atoms with Crippen molar-refractivity contribution in [3.63, 3.8) is 0 Å². The number of rotatable bonds is 4. The first-order valence-corrected chi connectivity index (χ1v) is 11.7. The summed E-state index contributed by atoms with van der Waals surface area (Å²) < 4.78 is 32.2. The minimum atomic E-state index is -3.91. The van der Waals surface area contributed by atoms with Gasteiger partial charge in [-0.1, -0.05) is 53.3 Å². The van der Waals surface area contributed by atoms with Gasteiger partial charge in [0.25, 0.3) is 5.56 Å². The van der Waals surface area contributed by atoms with Crippen molar-refractivity contribution in [3.8, 4) is 5.75 Å². The number of benzene rings is 3. The van der Waals surface area contributed by atoms with Crippen molar-refractivity contribution < 1.29 is 12.6 Å². The maximum Gasteiger partial charge on any atom is 0.339 e. The van der Waals surface area contributed by atoms with Crippen LogP contribution in [0.3, 0.4) is 0 Å². The molecule has 0 amide bonds. The fourth-order valence-electron chi connectivity index (χ4n) is 3.26. The molecule has 0 aliphatic heterocycles. The van der Waals surface area contributed by atoms with Crippen LogP contribution in [0.15, 0.2) is 82.5 Å². The van der Waals surface area contributed by atoms with Crippen LogP contribution in [-0.4, -0.2) is 17.8 Å². The van der Waals surface area contributed by atoms with Crippen molar-refractivity contribution in [2.45, 2.75) is 11.8 Å². The maximum absolute atomic E-state index is 12.8. The second-order valence-corrected chi connectivity index (χ2v) is 9.61. The molecule has 2 heterocycles. The van der Waals surface area contributed by atoms with Crippen molar-refractivity contribution in [2.24, 2.45) is 0 Å². The van der Waals surface area contributed by atoms with E-state index in [0.29, 0.717) is 9.49 Å². The maximum atomic E-state index is 12.8. The molecule has 0 aliphatic rings. The summed E-state index contributed by atoms with van der Waals surface area (Å²) in [6.45, 7) is 1.88. The first-order chi connectivity index (χ1) is 14.9. The van der Waals surface area contributed by atoms with E-state index >= 15 is 0 Å². The van der Waals surface area contributed by atoms with Crippen LogP contribution < -0.4 is 14.3 Å². The lowest BCUT2D eigenvalue weighted by atomic mass is 10.2. The van der Waals surface area contributed by atoms with Gasteiger partial charge in [0.1, 0.15) is 10.6 Å². The molecule has 0 unspecified atom stereocenters. The van der Waals surface area contributed by atoms with Gasteiger partial charge in [0.2, 0.25) is 0 Å². The number of imidazole rings is 1. The van der Waals surface area contributed by atoms with Gasteiger partial charge in [0, 0.05) is 0 Å². The lowest BCUT2D eigenvalue weighted by molar-refractivity contribution is 0.486. The highest BCUT2D eigenvalue weighted by Gasteiger charge is 2.16. The van der Waals surface area contributed by atoms with Crippen LogP contribution in [0.5, 0.6) is 5.75 Å². The van der Waals surface area contributed by atoms with Gasteiger partial charge in [-0.25, -0.2) is 9.38 Å². The third-order valence-corrected chi connectivity index (χ3v) is 7.07. The van der Waals surface area contributed by atoms with Crippen LogP contribution in [0.2, 0.25) is 0 Å². The number of fused-ring (bicyclic) bond motifs is 3. The molecule has 0 bridgehead atoms. The topological polar surface area (TPSA) is 77.7 Å². The lowest BCUT2D eigenvalue weighted by Gasteiger charge is -2.07. The van der Waals surface area contributed by atoms with Crippen molar-refractivity contribution in [1.29, 1.82) is 0 Å². The van der Waals surface area contributed by atoms with Gasteiger partial charge in [0.05, 0.1) is 15.6 Å². The first-order valence-electron chi connectivity index (χ1n) is 9.44. The SMILES string of the molecule is Cc1ccc(S(=O)(=O)Oc2ccc(C=c3sc4nc5ccccc5n4c3=O)cc2)cc1. The Balaban J connectivity index is 1.45. The van der Waals surface area contributed by atoms with Crippen LogP contribution >= 0.6 is 11.3 Å². The Bertz CT molecular complexity index is 1630. The molecule has 0 radical (unpaired) electrons. The van der Waals surface area contributed by atoms with Gasteiger partial charge in [-0.05, 0) is 55.0 Å². The summed E-state index contributed by atoms with van der Waals surface area (Å²) in [5, 5.41) is 0. The number of hydrogen-bond acceptors (Lipinski definition) is 6. The Labute approximate surface area is 181 Å². The summed E-state index contributed by atoms with van der Waals surface area (Å²) in [6, 6.07) is 20.5. The van der Waals surface area contributed by atoms with E-state index in [1.165, 1.54) is 23.5 Å². The van der Waals surface area contributed by atoms with Gasteiger partial charge < -0.3 is 4.18 Å². The third kappa shape index (κ3) is 3.60. The number of thiazole rings is 1. The molecule has 0 N–H and O–H groups in total. The number of aromatic nitrogens is 2. The molecule has 2 aromatic heterocycles. The molecular weight excluding hydrogens is 432 g/mol. The Hall–Kier alpha value is -3.49. The third-order valence-electron chi connectivity index (χ3n) is 4.84. The summed E-state index contributed by atoms with van der Waals surface area (Å²) in [5.74, 6) is 0.201. The smallest absolute Gasteiger partial charge is 0.339 e. The largest absolute Gasteiger partial charge is 0.379 e. The summed E-state index contributed by atoms with van der Waals surface area (Å²) in [7, 11) is -3.91. The fraction of sp³-hybridized carbons (Fsp3) is 0.0435. The van der Waals surface area contributed by atoms with E-state index in [2.05, 4.69) is 4.98 Å². The Morgan fingerprint density at radius 2 is 1.68 bits per heavy atom. The van der Waals surface area contributed by atoms with E-state index in [4.69, 9.17) is 4.18 Å². The van der Waals surface area contributed by atoms with E-state index in [0.717, 1.165) is 22.2 Å². The standard InChI is InChI=1S/C23H16N2O4S2/c1-15-6-12-18(13-7-15)31(27,28)29-17-10-8-16(9-11-17)14-21-22(26)25-20-5-3-2-4-19(20)24-23(25)30-21/h2-14H,1H3. The Kier molecular flexibility index (Phi) is 4.60. The quantitative estimate of drug-likeness (QED) is 0.393. The molecule has 5 rings (SSSR count). The summed E-state index contributed by atoms with van der Waals surface area (Å²) in [4.78, 5) is 18.1. The minimum absolute atomic E-state index is 0.0962. The molecule has 31 heavy (non-hydrogen) atoms. The van der Waals surface area contributed by atoms with Crippen molar-refractivity contribution in [1.82, 2.24) is 9.38 Å². The van der Waals surface area contributed by atoms with Gasteiger partial charge in [-0.2, -0.15) is 8.42 Å². The van der Waals surface area contributed by atoms with Crippen LogP contribution in [0, 0.1) is 6.92 Å². The number of para-hydroxylation sites is 2. The Morgan fingerprint density at radius 1 is 0.968 bits per heavy atom. The van der Waals surface area contributed by atoms with E-state index in [-0.39, 0.29) is 16.2 Å². The zero-order valence-corrected chi connectivity index (χ0v) is 18.0. The van der Waals surface area contributed by atoms with Crippen LogP contribution in [0.1, 0.15) is 11.1 Å². The van der Waals surface area contributed by atoms with Crippen LogP contribution in [0.25, 0.3) is 22.1 Å². The summed E-state index contributed by atoms with van der Waals surface area (Å²) >= 11 is 1.31. The Morgan fingerprint density at radius 3 is 2.42 bits per heavy atom. The van der Waals surface area contributed by atoms with Crippen LogP contribution in [-0.2, 0) is 10.1 Å². The van der Waals surface area contributed by atoms with Gasteiger partial charge in [-0.3, -0.25) is 4.79 Å². The molecule has 0 saturated carbocycles. The molecule has 0 saturated heterocycles. The average molecular weight is 449 g/mol. The predicted molar refractivity (Wildman–Crippen MR) is 121 cm³/mol. The molecule has 0 fully saturated rings. The lowest BCUT2D eigenvalue weighted by Crippen LogP contribution is -2.22. The minimum Gasteiger partial charge on any atom is -0.379 e. The molecular formula is C23H16N2O4S2. The molecule has 8 heteroatoms. The number of aryl methyl sites for hydroxylation is 1. The van der Waals surface area contributed by atoms with E-state index in [1.54, 1.807) is 46.9 Å². The molecule has 5 aromatic rings. The van der Waals surface area contributed by atoms with Gasteiger partial charge >= 0.3 is 10.1 Å². The predicted octanol–water partition coefficient (Wildman–Crippen LogP) is 3.53. The highest BCUT2D eigenvalue weighted by molar-refractivity contribution is 7.87. The number of hydrogen-bond donors (Lipinski definition) is 0. The normalized spacial score (nSPS) is 12.6. The summed E-state index contributed by atoms with van der Waals surface area (Å²) in [6.07, 6.45) is 1.76. The molecule has 6 nitrogen and oxygen atoms in total. The molecule has 3 aromatic carbocycles. The van der Waals surface area contributed by atoms with Crippen molar-refractivity contribution >= 4 is 43.5 Å². The highest BCUT2D eigenvalue weighted by atomic mass is 32.2. The van der Waals surface area contributed by atoms with Gasteiger partial charge in [0.15, 0.2) is 4.96 Å². The fourth-order valence-corrected chi connectivity index (χ4v) is 5.18. The van der Waals surface area contributed by atoms with Crippen LogP contribution in [0.4, 0.5) is 0 Å². The summed E-state index contributed by atoms with van der Waals surface area (Å²) in [5.41, 5.74) is 3.16. The van der Waals surface area contributed by atoms with E-state index in [9.17, 15) is 13.2 Å². The zero-order valence-electron chi connectivity index (χ0n) is 16.3. The molecule has 154 valence electrons. The number of nitrogens with zero attached hydrogens (tertiary/aromatic N) is 2. The molecule has 0 aliphatic carbocycles. The van der Waals surface area contributed by atoms with Crippen molar-refractivity contribution in [3.05, 3.63) is 98.8 Å². The monoisotopic (exact) mass is 448 g/mol. The first kappa shape index (κ1) is 19.5. The average Bonchev–Trinajstić information content (AvgIpc) is 3.26.